The molecule has 0 spiro atoms. The van der Waals surface area contributed by atoms with Gasteiger partial charge >= 0.3 is 6.09 Å². The second kappa shape index (κ2) is 7.89. The molecule has 0 saturated heterocycles. The van der Waals surface area contributed by atoms with Crippen LogP contribution in [0.3, 0.4) is 0 Å². The van der Waals surface area contributed by atoms with E-state index in [4.69, 9.17) is 4.74 Å². The summed E-state index contributed by atoms with van der Waals surface area (Å²) in [5, 5.41) is 22.4. The van der Waals surface area contributed by atoms with Crippen LogP contribution in [-0.2, 0) is 4.74 Å². The molecule has 0 heterocycles. The van der Waals surface area contributed by atoms with Crippen molar-refractivity contribution in [2.75, 3.05) is 6.54 Å². The number of hydrogen-bond acceptors (Lipinski definition) is 4. The highest BCUT2D eigenvalue weighted by Crippen LogP contribution is 2.29. The van der Waals surface area contributed by atoms with E-state index in [1.807, 2.05) is 0 Å². The minimum absolute atomic E-state index is 0.00716. The molecule has 0 fully saturated rings. The van der Waals surface area contributed by atoms with Crippen molar-refractivity contribution in [3.8, 4) is 0 Å². The van der Waals surface area contributed by atoms with Crippen molar-refractivity contribution in [2.45, 2.75) is 45.0 Å². The molecule has 5 nitrogen and oxygen atoms in total. The van der Waals surface area contributed by atoms with Gasteiger partial charge in [0.25, 0.3) is 0 Å². The van der Waals surface area contributed by atoms with E-state index in [0.29, 0.717) is 4.47 Å². The lowest BCUT2D eigenvalue weighted by Crippen LogP contribution is -2.34. The number of hydrogen-bond donors (Lipinski definition) is 3. The third-order valence-corrected chi connectivity index (χ3v) is 3.46. The molecular weight excluding hydrogens is 357 g/mol. The average Bonchev–Trinajstić information content (AvgIpc) is 2.35. The Morgan fingerprint density at radius 1 is 1.41 bits per heavy atom. The predicted molar refractivity (Wildman–Crippen MR) is 83.9 cm³/mol. The number of aliphatic hydroxyl groups is 2. The third-order valence-electron chi connectivity index (χ3n) is 2.77. The summed E-state index contributed by atoms with van der Waals surface area (Å²) in [6.45, 7) is 5.31. The van der Waals surface area contributed by atoms with E-state index in [1.165, 1.54) is 12.1 Å². The number of carbonyl (C=O) groups is 1. The number of halogens is 2. The minimum atomic E-state index is -1.39. The summed E-state index contributed by atoms with van der Waals surface area (Å²) < 4.78 is 19.1. The molecule has 1 amide bonds. The van der Waals surface area contributed by atoms with Crippen LogP contribution in [0.4, 0.5) is 9.18 Å². The molecular formula is C15H21BrFNO4. The van der Waals surface area contributed by atoms with E-state index in [9.17, 15) is 19.4 Å². The van der Waals surface area contributed by atoms with Crippen molar-refractivity contribution in [1.82, 2.24) is 5.32 Å². The maximum absolute atomic E-state index is 13.7. The Bertz CT molecular complexity index is 499. The van der Waals surface area contributed by atoms with Gasteiger partial charge in [-0.1, -0.05) is 22.0 Å². The van der Waals surface area contributed by atoms with Gasteiger partial charge in [0.15, 0.2) is 0 Å². The molecule has 1 aromatic carbocycles. The highest BCUT2D eigenvalue weighted by molar-refractivity contribution is 9.10. The molecule has 124 valence electrons. The summed E-state index contributed by atoms with van der Waals surface area (Å²) in [6.07, 6.45) is -3.17. The lowest BCUT2D eigenvalue weighted by atomic mass is 10.0. The zero-order valence-corrected chi connectivity index (χ0v) is 14.4. The molecule has 0 aliphatic carbocycles. The van der Waals surface area contributed by atoms with E-state index in [1.54, 1.807) is 26.8 Å². The Labute approximate surface area is 137 Å². The van der Waals surface area contributed by atoms with Crippen molar-refractivity contribution in [3.63, 3.8) is 0 Å². The summed E-state index contributed by atoms with van der Waals surface area (Å²) in [4.78, 5) is 11.4. The van der Waals surface area contributed by atoms with Crippen molar-refractivity contribution in [1.29, 1.82) is 0 Å². The maximum atomic E-state index is 13.7. The van der Waals surface area contributed by atoms with Gasteiger partial charge in [-0.05, 0) is 39.3 Å². The van der Waals surface area contributed by atoms with E-state index in [-0.39, 0.29) is 18.5 Å². The van der Waals surface area contributed by atoms with Crippen LogP contribution in [0.5, 0.6) is 0 Å². The first-order valence-electron chi connectivity index (χ1n) is 6.88. The number of alkyl carbamates (subject to hydrolysis) is 1. The van der Waals surface area contributed by atoms with Gasteiger partial charge in [0.1, 0.15) is 17.5 Å². The molecule has 22 heavy (non-hydrogen) atoms. The Balaban J connectivity index is 2.52. The molecule has 0 radical (unpaired) electrons. The van der Waals surface area contributed by atoms with Gasteiger partial charge in [-0.25, -0.2) is 9.18 Å². The maximum Gasteiger partial charge on any atom is 0.407 e. The van der Waals surface area contributed by atoms with Crippen LogP contribution in [0.25, 0.3) is 0 Å². The van der Waals surface area contributed by atoms with Crippen LogP contribution in [0.15, 0.2) is 22.7 Å². The third kappa shape index (κ3) is 5.90. The van der Waals surface area contributed by atoms with Crippen molar-refractivity contribution < 1.29 is 24.1 Å². The van der Waals surface area contributed by atoms with E-state index in [0.717, 1.165) is 0 Å². The summed E-state index contributed by atoms with van der Waals surface area (Å²) in [6, 6.07) is 4.27. The number of nitrogens with one attached hydrogen (secondary N) is 1. The smallest absolute Gasteiger partial charge is 0.407 e. The number of benzene rings is 1. The monoisotopic (exact) mass is 377 g/mol. The van der Waals surface area contributed by atoms with Gasteiger partial charge in [0, 0.05) is 16.6 Å². The molecule has 7 heteroatoms. The molecule has 2 unspecified atom stereocenters. The van der Waals surface area contributed by atoms with E-state index in [2.05, 4.69) is 21.2 Å². The fourth-order valence-corrected chi connectivity index (χ4v) is 2.36. The number of amides is 1. The molecule has 0 aliphatic rings. The zero-order chi connectivity index (χ0) is 16.9. The van der Waals surface area contributed by atoms with E-state index < -0.39 is 29.7 Å². The lowest BCUT2D eigenvalue weighted by molar-refractivity contribution is 0.00994. The van der Waals surface area contributed by atoms with Gasteiger partial charge < -0.3 is 20.3 Å². The average molecular weight is 378 g/mol. The molecule has 1 aromatic rings. The van der Waals surface area contributed by atoms with Crippen molar-refractivity contribution in [2.24, 2.45) is 0 Å². The minimum Gasteiger partial charge on any atom is -0.444 e. The molecule has 0 aromatic heterocycles. The number of carbonyl (C=O) groups excluding carboxylic acids is 1. The van der Waals surface area contributed by atoms with Gasteiger partial charge in [0.2, 0.25) is 0 Å². The standard InChI is InChI=1S/C15H21BrFNO4/c1-15(2,3)22-14(21)18-8-7-11(19)13(20)12-9(16)5-4-6-10(12)17/h4-6,11,13,19-20H,7-8H2,1-3H3,(H,18,21). The van der Waals surface area contributed by atoms with Crippen LogP contribution >= 0.6 is 15.9 Å². The predicted octanol–water partition coefficient (Wildman–Crippen LogP) is 2.90. The molecule has 3 N–H and O–H groups in total. The first kappa shape index (κ1) is 18.9. The lowest BCUT2D eigenvalue weighted by Gasteiger charge is -2.22. The fraction of sp³-hybridized carbons (Fsp3) is 0.533. The van der Waals surface area contributed by atoms with Crippen LogP contribution in [0.2, 0.25) is 0 Å². The van der Waals surface area contributed by atoms with Gasteiger partial charge in [-0.2, -0.15) is 0 Å². The fourth-order valence-electron chi connectivity index (χ4n) is 1.78. The first-order valence-corrected chi connectivity index (χ1v) is 7.68. The van der Waals surface area contributed by atoms with Crippen LogP contribution in [0, 0.1) is 5.82 Å². The molecule has 0 bridgehead atoms. The van der Waals surface area contributed by atoms with Crippen molar-refractivity contribution >= 4 is 22.0 Å². The Kier molecular flexibility index (Phi) is 6.77. The Hall–Kier alpha value is -1.18. The van der Waals surface area contributed by atoms with Crippen LogP contribution in [-0.4, -0.2) is 34.6 Å². The zero-order valence-electron chi connectivity index (χ0n) is 12.8. The molecule has 1 rings (SSSR count). The normalized spacial score (nSPS) is 14.3. The second-order valence-corrected chi connectivity index (χ2v) is 6.72. The number of ether oxygens (including phenoxy) is 1. The van der Waals surface area contributed by atoms with Gasteiger partial charge in [0.05, 0.1) is 6.10 Å². The second-order valence-electron chi connectivity index (χ2n) is 5.86. The first-order chi connectivity index (χ1) is 10.1. The summed E-state index contributed by atoms with van der Waals surface area (Å²) in [5.41, 5.74) is -0.618. The topological polar surface area (TPSA) is 78.8 Å². The Morgan fingerprint density at radius 2 is 2.05 bits per heavy atom. The van der Waals surface area contributed by atoms with Gasteiger partial charge in [-0.15, -0.1) is 0 Å². The molecule has 0 aliphatic heterocycles. The van der Waals surface area contributed by atoms with Crippen LogP contribution < -0.4 is 5.32 Å². The van der Waals surface area contributed by atoms with Gasteiger partial charge in [-0.3, -0.25) is 0 Å². The highest BCUT2D eigenvalue weighted by Gasteiger charge is 2.24. The summed E-state index contributed by atoms with van der Waals surface area (Å²) in [7, 11) is 0. The molecule has 0 saturated carbocycles. The SMILES string of the molecule is CC(C)(C)OC(=O)NCCC(O)C(O)c1c(F)cccc1Br. The number of rotatable bonds is 5. The highest BCUT2D eigenvalue weighted by atomic mass is 79.9. The summed E-state index contributed by atoms with van der Waals surface area (Å²) >= 11 is 3.14. The van der Waals surface area contributed by atoms with Crippen LogP contribution in [0.1, 0.15) is 38.9 Å². The van der Waals surface area contributed by atoms with E-state index >= 15 is 0 Å². The quantitative estimate of drug-likeness (QED) is 0.736. The largest absolute Gasteiger partial charge is 0.444 e. The summed E-state index contributed by atoms with van der Waals surface area (Å²) in [5.74, 6) is -0.610. The number of aliphatic hydroxyl groups excluding tert-OH is 2. The Morgan fingerprint density at radius 3 is 2.59 bits per heavy atom. The molecule has 2 atom stereocenters. The van der Waals surface area contributed by atoms with Crippen molar-refractivity contribution in [3.05, 3.63) is 34.1 Å².